The van der Waals surface area contributed by atoms with Gasteiger partial charge in [-0.3, -0.25) is 0 Å². The van der Waals surface area contributed by atoms with Crippen LogP contribution in [0.5, 0.6) is 0 Å². The molecule has 0 aromatic heterocycles. The molecule has 1 aliphatic carbocycles. The SMILES string of the molecule is CC1(CC2NCC23CC(N)C3)COC1. The van der Waals surface area contributed by atoms with E-state index in [1.807, 2.05) is 0 Å². The second-order valence-electron chi connectivity index (χ2n) is 5.97. The van der Waals surface area contributed by atoms with Crippen molar-refractivity contribution < 1.29 is 4.74 Å². The predicted molar refractivity (Wildman–Crippen MR) is 55.0 cm³/mol. The Labute approximate surface area is 85.4 Å². The van der Waals surface area contributed by atoms with Crippen LogP contribution < -0.4 is 11.1 Å². The fourth-order valence-electron chi connectivity index (χ4n) is 3.30. The normalized spacial score (nSPS) is 49.3. The molecular formula is C11H20N2O. The maximum atomic E-state index is 5.88. The van der Waals surface area contributed by atoms with Crippen molar-refractivity contribution >= 4 is 0 Å². The Morgan fingerprint density at radius 1 is 1.43 bits per heavy atom. The predicted octanol–water partition coefficient (Wildman–Crippen LogP) is 0.492. The minimum atomic E-state index is 0.449. The molecular weight excluding hydrogens is 176 g/mol. The number of ether oxygens (including phenoxy) is 1. The number of nitrogens with two attached hydrogens (primary N) is 1. The summed E-state index contributed by atoms with van der Waals surface area (Å²) in [6.07, 6.45) is 3.75. The molecule has 14 heavy (non-hydrogen) atoms. The average molecular weight is 196 g/mol. The molecule has 0 bridgehead atoms. The van der Waals surface area contributed by atoms with Crippen molar-refractivity contribution in [2.24, 2.45) is 16.6 Å². The van der Waals surface area contributed by atoms with E-state index >= 15 is 0 Å². The van der Waals surface area contributed by atoms with E-state index < -0.39 is 0 Å². The zero-order valence-electron chi connectivity index (χ0n) is 8.88. The first-order chi connectivity index (χ1) is 6.62. The van der Waals surface area contributed by atoms with E-state index in [-0.39, 0.29) is 0 Å². The summed E-state index contributed by atoms with van der Waals surface area (Å²) < 4.78 is 5.30. The van der Waals surface area contributed by atoms with Gasteiger partial charge in [0.05, 0.1) is 13.2 Å². The Hall–Kier alpha value is -0.120. The van der Waals surface area contributed by atoms with Gasteiger partial charge in [0, 0.05) is 29.5 Å². The average Bonchev–Trinajstić information content (AvgIpc) is 2.03. The lowest BCUT2D eigenvalue weighted by Gasteiger charge is -2.61. The third-order valence-electron chi connectivity index (χ3n) is 4.38. The second-order valence-corrected chi connectivity index (χ2v) is 5.97. The van der Waals surface area contributed by atoms with Crippen LogP contribution in [0.3, 0.4) is 0 Å². The van der Waals surface area contributed by atoms with Crippen LogP contribution >= 0.6 is 0 Å². The Bertz CT molecular complexity index is 244. The van der Waals surface area contributed by atoms with Crippen molar-refractivity contribution in [2.75, 3.05) is 19.8 Å². The zero-order chi connectivity index (χ0) is 9.81. The van der Waals surface area contributed by atoms with Crippen LogP contribution in [-0.2, 0) is 4.74 Å². The topological polar surface area (TPSA) is 47.3 Å². The van der Waals surface area contributed by atoms with Gasteiger partial charge in [0.15, 0.2) is 0 Å². The molecule has 2 heterocycles. The maximum absolute atomic E-state index is 5.88. The lowest BCUT2D eigenvalue weighted by molar-refractivity contribution is -0.135. The van der Waals surface area contributed by atoms with Gasteiger partial charge in [0.25, 0.3) is 0 Å². The summed E-state index contributed by atoms with van der Waals surface area (Å²) in [6, 6.07) is 1.20. The molecule has 2 aliphatic heterocycles. The first-order valence-corrected chi connectivity index (χ1v) is 5.69. The lowest BCUT2D eigenvalue weighted by Crippen LogP contribution is -2.71. The summed E-state index contributed by atoms with van der Waals surface area (Å²) in [6.45, 7) is 5.44. The molecule has 1 spiro atoms. The van der Waals surface area contributed by atoms with E-state index in [1.54, 1.807) is 0 Å². The molecule has 1 atom stereocenters. The fourth-order valence-corrected chi connectivity index (χ4v) is 3.30. The van der Waals surface area contributed by atoms with Crippen molar-refractivity contribution in [3.63, 3.8) is 0 Å². The van der Waals surface area contributed by atoms with E-state index in [9.17, 15) is 0 Å². The summed E-state index contributed by atoms with van der Waals surface area (Å²) in [4.78, 5) is 0. The van der Waals surface area contributed by atoms with Crippen LogP contribution in [0, 0.1) is 10.8 Å². The monoisotopic (exact) mass is 196 g/mol. The summed E-state index contributed by atoms with van der Waals surface area (Å²) in [5.74, 6) is 0. The number of nitrogens with one attached hydrogen (secondary N) is 1. The number of rotatable bonds is 2. The highest BCUT2D eigenvalue weighted by molar-refractivity contribution is 5.12. The van der Waals surface area contributed by atoms with Crippen LogP contribution in [0.25, 0.3) is 0 Å². The first-order valence-electron chi connectivity index (χ1n) is 5.69. The van der Waals surface area contributed by atoms with Gasteiger partial charge in [0.2, 0.25) is 0 Å². The molecule has 3 aliphatic rings. The van der Waals surface area contributed by atoms with Crippen molar-refractivity contribution in [3.8, 4) is 0 Å². The minimum Gasteiger partial charge on any atom is -0.380 e. The van der Waals surface area contributed by atoms with Crippen LogP contribution in [0.2, 0.25) is 0 Å². The lowest BCUT2D eigenvalue weighted by atomic mass is 9.54. The zero-order valence-corrected chi connectivity index (χ0v) is 8.88. The molecule has 1 saturated carbocycles. The Kier molecular flexibility index (Phi) is 1.77. The second kappa shape index (κ2) is 2.71. The Balaban J connectivity index is 1.59. The highest BCUT2D eigenvalue weighted by Gasteiger charge is 2.56. The molecule has 0 aromatic rings. The van der Waals surface area contributed by atoms with Gasteiger partial charge in [-0.1, -0.05) is 6.92 Å². The van der Waals surface area contributed by atoms with Crippen molar-refractivity contribution in [3.05, 3.63) is 0 Å². The summed E-state index contributed by atoms with van der Waals surface area (Å²) in [5, 5.41) is 3.57. The molecule has 2 saturated heterocycles. The van der Waals surface area contributed by atoms with E-state index in [2.05, 4.69) is 12.2 Å². The third kappa shape index (κ3) is 1.16. The number of hydrogen-bond acceptors (Lipinski definition) is 3. The van der Waals surface area contributed by atoms with Gasteiger partial charge in [-0.2, -0.15) is 0 Å². The molecule has 3 fully saturated rings. The van der Waals surface area contributed by atoms with Gasteiger partial charge in [-0.05, 0) is 19.3 Å². The molecule has 1 unspecified atom stereocenters. The summed E-state index contributed by atoms with van der Waals surface area (Å²) >= 11 is 0. The van der Waals surface area contributed by atoms with Gasteiger partial charge < -0.3 is 15.8 Å². The first kappa shape index (κ1) is 9.13. The molecule has 80 valence electrons. The van der Waals surface area contributed by atoms with Crippen LogP contribution in [0.4, 0.5) is 0 Å². The fraction of sp³-hybridized carbons (Fsp3) is 1.00. The van der Waals surface area contributed by atoms with Gasteiger partial charge >= 0.3 is 0 Å². The third-order valence-corrected chi connectivity index (χ3v) is 4.38. The summed E-state index contributed by atoms with van der Waals surface area (Å²) in [7, 11) is 0. The molecule has 3 nitrogen and oxygen atoms in total. The quantitative estimate of drug-likeness (QED) is 0.676. The van der Waals surface area contributed by atoms with Crippen molar-refractivity contribution in [1.29, 1.82) is 0 Å². The maximum Gasteiger partial charge on any atom is 0.0542 e. The summed E-state index contributed by atoms with van der Waals surface area (Å²) in [5.41, 5.74) is 6.91. The Morgan fingerprint density at radius 3 is 2.50 bits per heavy atom. The van der Waals surface area contributed by atoms with Crippen LogP contribution in [0.15, 0.2) is 0 Å². The van der Waals surface area contributed by atoms with E-state index in [0.717, 1.165) is 19.3 Å². The van der Waals surface area contributed by atoms with Crippen LogP contribution in [0.1, 0.15) is 26.2 Å². The van der Waals surface area contributed by atoms with E-state index in [0.29, 0.717) is 16.9 Å². The molecule has 0 amide bonds. The van der Waals surface area contributed by atoms with Gasteiger partial charge in [-0.15, -0.1) is 0 Å². The standard InChI is InChI=1S/C11H20N2O/c1-10(6-14-7-10)4-9-11(5-13-9)2-8(12)3-11/h8-9,13H,2-7,12H2,1H3. The largest absolute Gasteiger partial charge is 0.380 e. The van der Waals surface area contributed by atoms with Crippen LogP contribution in [-0.4, -0.2) is 31.8 Å². The molecule has 0 radical (unpaired) electrons. The highest BCUT2D eigenvalue weighted by atomic mass is 16.5. The van der Waals surface area contributed by atoms with Crippen molar-refractivity contribution in [2.45, 2.75) is 38.3 Å². The smallest absolute Gasteiger partial charge is 0.0542 e. The van der Waals surface area contributed by atoms with E-state index in [1.165, 1.54) is 25.8 Å². The Morgan fingerprint density at radius 2 is 2.14 bits per heavy atom. The van der Waals surface area contributed by atoms with Crippen molar-refractivity contribution in [1.82, 2.24) is 5.32 Å². The highest BCUT2D eigenvalue weighted by Crippen LogP contribution is 2.51. The van der Waals surface area contributed by atoms with Gasteiger partial charge in [-0.25, -0.2) is 0 Å². The molecule has 3 N–H and O–H groups in total. The minimum absolute atomic E-state index is 0.449. The van der Waals surface area contributed by atoms with Gasteiger partial charge in [0.1, 0.15) is 0 Å². The molecule has 3 rings (SSSR count). The van der Waals surface area contributed by atoms with E-state index in [4.69, 9.17) is 10.5 Å². The molecule has 0 aromatic carbocycles. The number of hydrogen-bond donors (Lipinski definition) is 2. The molecule has 3 heteroatoms.